The zero-order chi connectivity index (χ0) is 19.2. The van der Waals surface area contributed by atoms with Crippen molar-refractivity contribution in [3.8, 4) is 5.75 Å². The molecule has 27 heavy (non-hydrogen) atoms. The molecule has 144 valence electrons. The molecule has 2 nitrogen and oxygen atoms in total. The van der Waals surface area contributed by atoms with E-state index in [1.807, 2.05) is 43.3 Å². The van der Waals surface area contributed by atoms with Gasteiger partial charge in [-0.05, 0) is 86.6 Å². The van der Waals surface area contributed by atoms with Crippen LogP contribution in [0.3, 0.4) is 0 Å². The molecule has 0 saturated heterocycles. The highest BCUT2D eigenvalue weighted by Crippen LogP contribution is 2.38. The molecule has 0 aromatic heterocycles. The van der Waals surface area contributed by atoms with Crippen LogP contribution in [0.5, 0.6) is 5.75 Å². The van der Waals surface area contributed by atoms with Crippen LogP contribution >= 0.6 is 0 Å². The smallest absolute Gasteiger partial charge is 0.343 e. The summed E-state index contributed by atoms with van der Waals surface area (Å²) in [5.41, 5.74) is 3.10. The minimum atomic E-state index is -0.298. The number of hydrogen-bond acceptors (Lipinski definition) is 2. The Kier molecular flexibility index (Phi) is 6.71. The van der Waals surface area contributed by atoms with Gasteiger partial charge in [0.2, 0.25) is 0 Å². The van der Waals surface area contributed by atoms with Gasteiger partial charge in [-0.25, -0.2) is 4.79 Å². The summed E-state index contributed by atoms with van der Waals surface area (Å²) in [7, 11) is 0. The second-order valence-corrected chi connectivity index (χ2v) is 8.29. The molecule has 3 rings (SSSR count). The van der Waals surface area contributed by atoms with E-state index in [-0.39, 0.29) is 5.97 Å². The first kappa shape index (κ1) is 19.7. The van der Waals surface area contributed by atoms with Gasteiger partial charge in [0.1, 0.15) is 5.75 Å². The van der Waals surface area contributed by atoms with Crippen LogP contribution in [0.1, 0.15) is 79.8 Å². The van der Waals surface area contributed by atoms with Crippen molar-refractivity contribution < 1.29 is 9.53 Å². The predicted octanol–water partition coefficient (Wildman–Crippen LogP) is 6.92. The van der Waals surface area contributed by atoms with Crippen molar-refractivity contribution in [2.75, 3.05) is 0 Å². The number of ether oxygens (including phenoxy) is 1. The molecule has 2 aromatic carbocycles. The molecule has 0 radical (unpaired) electrons. The average molecular weight is 365 g/mol. The normalized spacial score (nSPS) is 20.9. The van der Waals surface area contributed by atoms with Gasteiger partial charge in [0, 0.05) is 0 Å². The Morgan fingerprint density at radius 2 is 1.63 bits per heavy atom. The maximum absolute atomic E-state index is 12.2. The number of esters is 1. The summed E-state index contributed by atoms with van der Waals surface area (Å²) >= 11 is 0. The molecular weight excluding hydrogens is 332 g/mol. The molecule has 0 bridgehead atoms. The van der Waals surface area contributed by atoms with Crippen molar-refractivity contribution in [3.63, 3.8) is 0 Å². The van der Waals surface area contributed by atoms with E-state index >= 15 is 0 Å². The van der Waals surface area contributed by atoms with Crippen LogP contribution in [0.15, 0.2) is 48.5 Å². The molecule has 1 saturated carbocycles. The summed E-state index contributed by atoms with van der Waals surface area (Å²) in [5.74, 6) is 2.74. The van der Waals surface area contributed by atoms with Crippen LogP contribution in [-0.2, 0) is 0 Å². The molecule has 1 fully saturated rings. The summed E-state index contributed by atoms with van der Waals surface area (Å²) < 4.78 is 5.52. The summed E-state index contributed by atoms with van der Waals surface area (Å²) in [4.78, 5) is 12.2. The molecule has 1 aliphatic rings. The highest BCUT2D eigenvalue weighted by molar-refractivity contribution is 5.91. The lowest BCUT2D eigenvalue weighted by Gasteiger charge is -2.30. The summed E-state index contributed by atoms with van der Waals surface area (Å²) in [6.45, 7) is 6.68. The number of carbonyl (C=O) groups is 1. The molecule has 0 aliphatic heterocycles. The lowest BCUT2D eigenvalue weighted by Crippen LogP contribution is -2.15. The van der Waals surface area contributed by atoms with Crippen LogP contribution < -0.4 is 4.74 Å². The first-order valence-corrected chi connectivity index (χ1v) is 10.4. The number of hydrogen-bond donors (Lipinski definition) is 0. The van der Waals surface area contributed by atoms with E-state index in [2.05, 4.69) is 26.0 Å². The predicted molar refractivity (Wildman–Crippen MR) is 111 cm³/mol. The van der Waals surface area contributed by atoms with Gasteiger partial charge in [-0.2, -0.15) is 0 Å². The lowest BCUT2D eigenvalue weighted by molar-refractivity contribution is 0.0734. The van der Waals surface area contributed by atoms with Gasteiger partial charge < -0.3 is 4.74 Å². The van der Waals surface area contributed by atoms with Gasteiger partial charge >= 0.3 is 5.97 Å². The summed E-state index contributed by atoms with van der Waals surface area (Å²) in [6, 6.07) is 15.6. The monoisotopic (exact) mass is 364 g/mol. The Morgan fingerprint density at radius 3 is 2.22 bits per heavy atom. The Bertz CT molecular complexity index is 722. The molecule has 2 aromatic rings. The fourth-order valence-corrected chi connectivity index (χ4v) is 4.13. The molecule has 0 heterocycles. The third-order valence-corrected chi connectivity index (χ3v) is 6.13. The molecule has 0 amide bonds. The average Bonchev–Trinajstić information content (AvgIpc) is 2.69. The van der Waals surface area contributed by atoms with Crippen LogP contribution in [-0.4, -0.2) is 5.97 Å². The van der Waals surface area contributed by atoms with E-state index in [1.54, 1.807) is 0 Å². The van der Waals surface area contributed by atoms with E-state index in [9.17, 15) is 4.79 Å². The van der Waals surface area contributed by atoms with Crippen molar-refractivity contribution in [2.45, 2.75) is 65.2 Å². The topological polar surface area (TPSA) is 26.3 Å². The van der Waals surface area contributed by atoms with Gasteiger partial charge in [-0.1, -0.05) is 50.1 Å². The van der Waals surface area contributed by atoms with Crippen LogP contribution in [0.2, 0.25) is 0 Å². The fraction of sp³-hybridized carbons (Fsp3) is 0.480. The first-order chi connectivity index (χ1) is 13.0. The van der Waals surface area contributed by atoms with E-state index in [4.69, 9.17) is 4.74 Å². The number of rotatable bonds is 6. The summed E-state index contributed by atoms with van der Waals surface area (Å²) in [5, 5.41) is 0. The minimum absolute atomic E-state index is 0.298. The molecule has 1 atom stereocenters. The van der Waals surface area contributed by atoms with Crippen LogP contribution in [0, 0.1) is 18.8 Å². The molecule has 0 N–H and O–H groups in total. The van der Waals surface area contributed by atoms with Gasteiger partial charge in [0.15, 0.2) is 0 Å². The maximum atomic E-state index is 12.2. The standard InChI is InChI=1S/C25H32O2/c1-4-18(2)17-20-7-11-21(12-8-20)22-13-15-24(16-14-22)27-25(26)23-9-5-19(3)6-10-23/h5-6,9-10,13-16,18,20-21H,4,7-8,11-12,17H2,1-3H3. The molecule has 2 heteroatoms. The quantitative estimate of drug-likeness (QED) is 0.410. The van der Waals surface area contributed by atoms with E-state index < -0.39 is 0 Å². The van der Waals surface area contributed by atoms with Crippen LogP contribution in [0.4, 0.5) is 0 Å². The SMILES string of the molecule is CCC(C)CC1CCC(c2ccc(OC(=O)c3ccc(C)cc3)cc2)CC1. The number of benzene rings is 2. The lowest BCUT2D eigenvalue weighted by atomic mass is 9.75. The Labute approximate surface area is 164 Å². The van der Waals surface area contributed by atoms with Crippen molar-refractivity contribution in [2.24, 2.45) is 11.8 Å². The maximum Gasteiger partial charge on any atom is 0.343 e. The van der Waals surface area contributed by atoms with E-state index in [0.717, 1.165) is 17.4 Å². The van der Waals surface area contributed by atoms with Crippen molar-refractivity contribution in [1.82, 2.24) is 0 Å². The first-order valence-electron chi connectivity index (χ1n) is 10.4. The van der Waals surface area contributed by atoms with Crippen molar-refractivity contribution in [3.05, 3.63) is 65.2 Å². The Balaban J connectivity index is 1.53. The van der Waals surface area contributed by atoms with Gasteiger partial charge in [0.05, 0.1) is 5.56 Å². The summed E-state index contributed by atoms with van der Waals surface area (Å²) in [6.07, 6.45) is 7.94. The highest BCUT2D eigenvalue weighted by Gasteiger charge is 2.23. The van der Waals surface area contributed by atoms with Crippen molar-refractivity contribution >= 4 is 5.97 Å². The van der Waals surface area contributed by atoms with Gasteiger partial charge in [-0.3, -0.25) is 0 Å². The number of carbonyl (C=O) groups excluding carboxylic acids is 1. The molecule has 0 spiro atoms. The number of aryl methyl sites for hydroxylation is 1. The second kappa shape index (κ2) is 9.21. The highest BCUT2D eigenvalue weighted by atomic mass is 16.5. The molecule has 1 unspecified atom stereocenters. The Morgan fingerprint density at radius 1 is 1.00 bits per heavy atom. The largest absolute Gasteiger partial charge is 0.423 e. The zero-order valence-corrected chi connectivity index (χ0v) is 16.9. The zero-order valence-electron chi connectivity index (χ0n) is 16.9. The third-order valence-electron chi connectivity index (χ3n) is 6.13. The minimum Gasteiger partial charge on any atom is -0.423 e. The fourth-order valence-electron chi connectivity index (χ4n) is 4.13. The molecular formula is C25H32O2. The molecule has 1 aliphatic carbocycles. The van der Waals surface area contributed by atoms with Crippen LogP contribution in [0.25, 0.3) is 0 Å². The Hall–Kier alpha value is -2.09. The third kappa shape index (κ3) is 5.45. The van der Waals surface area contributed by atoms with Crippen molar-refractivity contribution in [1.29, 1.82) is 0 Å². The van der Waals surface area contributed by atoms with E-state index in [0.29, 0.717) is 17.2 Å². The van der Waals surface area contributed by atoms with E-state index in [1.165, 1.54) is 44.1 Å². The second-order valence-electron chi connectivity index (χ2n) is 8.29. The van der Waals surface area contributed by atoms with Gasteiger partial charge in [-0.15, -0.1) is 0 Å². The van der Waals surface area contributed by atoms with Gasteiger partial charge in [0.25, 0.3) is 0 Å².